The third kappa shape index (κ3) is 15.1. The summed E-state index contributed by atoms with van der Waals surface area (Å²) in [5.74, 6) is -5.08. The summed E-state index contributed by atoms with van der Waals surface area (Å²) >= 11 is 0. The van der Waals surface area contributed by atoms with Crippen LogP contribution in [-0.4, -0.2) is 151 Å². The molecular formula is C62H67NO20. The van der Waals surface area contributed by atoms with E-state index in [1.165, 1.54) is 12.1 Å². The van der Waals surface area contributed by atoms with E-state index in [1.807, 2.05) is 121 Å². The van der Waals surface area contributed by atoms with Gasteiger partial charge in [0.15, 0.2) is 37.2 Å². The molecular weight excluding hydrogens is 1080 g/mol. The second kappa shape index (κ2) is 28.3. The van der Waals surface area contributed by atoms with Gasteiger partial charge in [0.25, 0.3) is 11.8 Å². The van der Waals surface area contributed by atoms with E-state index in [4.69, 9.17) is 61.6 Å². The van der Waals surface area contributed by atoms with Gasteiger partial charge >= 0.3 is 23.9 Å². The molecule has 5 aromatic rings. The van der Waals surface area contributed by atoms with Gasteiger partial charge in [-0.05, 0) is 41.3 Å². The number of esters is 4. The summed E-state index contributed by atoms with van der Waals surface area (Å²) in [6.45, 7) is 5.36. The monoisotopic (exact) mass is 1150 g/mol. The van der Waals surface area contributed by atoms with Crippen molar-refractivity contribution in [2.45, 2.75) is 153 Å². The molecule has 1 N–H and O–H groups in total. The molecule has 0 aromatic heterocycles. The molecule has 21 nitrogen and oxygen atoms in total. The Balaban J connectivity index is 1.19. The van der Waals surface area contributed by atoms with Crippen LogP contribution in [0.3, 0.4) is 0 Å². The second-order valence-corrected chi connectivity index (χ2v) is 20.3. The fraction of sp³-hybridized carbons (Fsp3) is 0.419. The molecule has 4 heterocycles. The normalized spacial score (nSPS) is 28.7. The molecule has 4 aliphatic heterocycles. The molecule has 0 aliphatic carbocycles. The third-order valence-corrected chi connectivity index (χ3v) is 14.3. The Hall–Kier alpha value is -7.28. The minimum atomic E-state index is -2.04. The van der Waals surface area contributed by atoms with Crippen molar-refractivity contribution in [3.05, 3.63) is 179 Å². The van der Waals surface area contributed by atoms with Gasteiger partial charge < -0.3 is 66.7 Å². The molecule has 0 saturated carbocycles. The number of aliphatic hydroxyl groups excluding tert-OH is 1. The van der Waals surface area contributed by atoms with Crippen LogP contribution < -0.4 is 0 Å². The molecule has 83 heavy (non-hydrogen) atoms. The first kappa shape index (κ1) is 60.3. The highest BCUT2D eigenvalue weighted by Crippen LogP contribution is 2.40. The molecule has 5 aromatic carbocycles. The maximum atomic E-state index is 14.8. The van der Waals surface area contributed by atoms with Gasteiger partial charge in [-0.2, -0.15) is 0 Å². The molecule has 1 unspecified atom stereocenters. The first-order chi connectivity index (χ1) is 40.1. The number of imide groups is 1. The quantitative estimate of drug-likeness (QED) is 0.0452. The van der Waals surface area contributed by atoms with E-state index in [2.05, 4.69) is 0 Å². The minimum absolute atomic E-state index is 0.0133. The van der Waals surface area contributed by atoms with Crippen LogP contribution in [0.2, 0.25) is 0 Å². The number of carbonyl (C=O) groups excluding carboxylic acids is 6. The zero-order valence-corrected chi connectivity index (χ0v) is 46.4. The number of hydrogen-bond donors (Lipinski definition) is 1. The zero-order chi connectivity index (χ0) is 58.6. The number of amides is 2. The van der Waals surface area contributed by atoms with E-state index >= 15 is 0 Å². The molecule has 9 rings (SSSR count). The molecule has 2 amide bonds. The standard InChI is InChI=1S/C62H67NO20/c1-36-50(73-31-42-22-12-7-13-23-42)54(74-32-43-24-14-8-15-25-43)56(75-33-44-26-16-9-17-27-44)61(76-36)83-53-49(63-58(68)45-28-18-19-29-46(45)59(63)69)60(70)80-47(34-71-30-41-20-10-6-11-21-41)51(53)82-62-57(79-40(5)67)55(78-39(4)66)52(77-38(3)65)48(81-62)35-72-37(2)64/h6-29,36,47-57,60-62,70H,30-35H2,1-5H3/t36-,47+,48+,49+,50+,51+,52-,53+,54+,55-,56-,57+,60?,61-,62-/m0/s1. The molecule has 0 radical (unpaired) electrons. The molecule has 0 bridgehead atoms. The van der Waals surface area contributed by atoms with Gasteiger partial charge in [0, 0.05) is 27.7 Å². The van der Waals surface area contributed by atoms with E-state index in [1.54, 1.807) is 19.1 Å². The van der Waals surface area contributed by atoms with Gasteiger partial charge in [-0.1, -0.05) is 133 Å². The van der Waals surface area contributed by atoms with Crippen LogP contribution in [0.5, 0.6) is 0 Å². The Kier molecular flexibility index (Phi) is 20.6. The molecule has 4 aliphatic rings. The number of carbonyl (C=O) groups is 6. The van der Waals surface area contributed by atoms with Crippen molar-refractivity contribution in [2.24, 2.45) is 0 Å². The van der Waals surface area contributed by atoms with E-state index in [0.717, 1.165) is 54.8 Å². The lowest BCUT2D eigenvalue weighted by molar-refractivity contribution is -0.380. The molecule has 0 spiro atoms. The van der Waals surface area contributed by atoms with E-state index < -0.39 is 134 Å². The summed E-state index contributed by atoms with van der Waals surface area (Å²) in [5, 5.41) is 12.6. The first-order valence-electron chi connectivity index (χ1n) is 27.3. The molecule has 440 valence electrons. The van der Waals surface area contributed by atoms with Crippen LogP contribution in [-0.2, 0) is 107 Å². The smallest absolute Gasteiger partial charge is 0.303 e. The second-order valence-electron chi connectivity index (χ2n) is 20.3. The number of aliphatic hydroxyl groups is 1. The summed E-state index contributed by atoms with van der Waals surface area (Å²) in [6.07, 6.45) is -20.8. The molecule has 3 saturated heterocycles. The molecule has 15 atom stereocenters. The maximum Gasteiger partial charge on any atom is 0.303 e. The van der Waals surface area contributed by atoms with Gasteiger partial charge in [0.1, 0.15) is 55.4 Å². The van der Waals surface area contributed by atoms with E-state index in [-0.39, 0.29) is 44.2 Å². The predicted molar refractivity (Wildman–Crippen MR) is 289 cm³/mol. The summed E-state index contributed by atoms with van der Waals surface area (Å²) < 4.78 is 83.7. The lowest BCUT2D eigenvalue weighted by atomic mass is 9.93. The Bertz CT molecular complexity index is 2940. The van der Waals surface area contributed by atoms with Gasteiger partial charge in [-0.25, -0.2) is 0 Å². The minimum Gasteiger partial charge on any atom is -0.463 e. The van der Waals surface area contributed by atoms with Crippen LogP contribution in [0, 0.1) is 0 Å². The Morgan fingerprint density at radius 3 is 1.37 bits per heavy atom. The molecule has 21 heteroatoms. The Morgan fingerprint density at radius 2 is 0.867 bits per heavy atom. The predicted octanol–water partition coefficient (Wildman–Crippen LogP) is 5.94. The van der Waals surface area contributed by atoms with Crippen molar-refractivity contribution in [2.75, 3.05) is 13.2 Å². The van der Waals surface area contributed by atoms with Crippen LogP contribution in [0.15, 0.2) is 146 Å². The summed E-state index contributed by atoms with van der Waals surface area (Å²) in [4.78, 5) is 81.8. The van der Waals surface area contributed by atoms with Crippen molar-refractivity contribution in [3.8, 4) is 0 Å². The Morgan fingerprint density at radius 1 is 0.446 bits per heavy atom. The van der Waals surface area contributed by atoms with Crippen LogP contribution in [0.4, 0.5) is 0 Å². The number of benzene rings is 5. The summed E-state index contributed by atoms with van der Waals surface area (Å²) in [6, 6.07) is 41.7. The van der Waals surface area contributed by atoms with Crippen molar-refractivity contribution in [1.82, 2.24) is 4.90 Å². The lowest BCUT2D eigenvalue weighted by Gasteiger charge is -2.52. The third-order valence-electron chi connectivity index (χ3n) is 14.3. The fourth-order valence-corrected chi connectivity index (χ4v) is 10.6. The summed E-state index contributed by atoms with van der Waals surface area (Å²) in [5.41, 5.74) is 3.25. The maximum absolute atomic E-state index is 14.8. The van der Waals surface area contributed by atoms with Crippen LogP contribution in [0.1, 0.15) is 77.6 Å². The number of rotatable bonds is 23. The average molecular weight is 1150 g/mol. The highest BCUT2D eigenvalue weighted by Gasteiger charge is 2.60. The number of hydrogen-bond acceptors (Lipinski definition) is 20. The number of nitrogens with zero attached hydrogens (tertiary/aromatic N) is 1. The van der Waals surface area contributed by atoms with E-state index in [0.29, 0.717) is 0 Å². The van der Waals surface area contributed by atoms with E-state index in [9.17, 15) is 33.9 Å². The fourth-order valence-electron chi connectivity index (χ4n) is 10.6. The summed E-state index contributed by atoms with van der Waals surface area (Å²) in [7, 11) is 0. The topological polar surface area (TPSA) is 246 Å². The van der Waals surface area contributed by atoms with Gasteiger partial charge in [-0.3, -0.25) is 33.7 Å². The average Bonchev–Trinajstić information content (AvgIpc) is 4.03. The highest BCUT2D eigenvalue weighted by molar-refractivity contribution is 6.21. The zero-order valence-electron chi connectivity index (χ0n) is 46.4. The Labute approximate surface area is 479 Å². The largest absolute Gasteiger partial charge is 0.463 e. The van der Waals surface area contributed by atoms with Crippen molar-refractivity contribution < 1.29 is 95.5 Å². The van der Waals surface area contributed by atoms with Gasteiger partial charge in [0.05, 0.1) is 50.3 Å². The SMILES string of the molecule is CC(=O)OC[C@H]1O[C@@H](O[C@H]2[C@H](O[C@@H]3O[C@@H](C)[C@@H](OCc4ccccc4)[C@@H](OCc4ccccc4)[C@@H]3OCc3ccccc3)[C@@H](N3C(=O)c4ccccc4C3=O)C(O)O[C@@H]2COCc2ccccc2)[C@H](OC(C)=O)[C@@H](OC(C)=O)[C@H]1OC(C)=O. The number of fused-ring (bicyclic) bond motifs is 1. The van der Waals surface area contributed by atoms with Gasteiger partial charge in [-0.15, -0.1) is 0 Å². The van der Waals surface area contributed by atoms with Crippen LogP contribution >= 0.6 is 0 Å². The molecule has 3 fully saturated rings. The first-order valence-corrected chi connectivity index (χ1v) is 27.3. The van der Waals surface area contributed by atoms with Crippen LogP contribution in [0.25, 0.3) is 0 Å². The van der Waals surface area contributed by atoms with Gasteiger partial charge in [0.2, 0.25) is 0 Å². The lowest BCUT2D eigenvalue weighted by Crippen LogP contribution is -2.70. The van der Waals surface area contributed by atoms with Crippen molar-refractivity contribution in [1.29, 1.82) is 0 Å². The number of ether oxygens (including phenoxy) is 13. The van der Waals surface area contributed by atoms with Crippen molar-refractivity contribution in [3.63, 3.8) is 0 Å². The highest BCUT2D eigenvalue weighted by atomic mass is 16.8. The van der Waals surface area contributed by atoms with Crippen molar-refractivity contribution >= 4 is 35.7 Å².